The van der Waals surface area contributed by atoms with Crippen LogP contribution in [0.1, 0.15) is 31.4 Å². The fraction of sp³-hybridized carbons (Fsp3) is 0.286. The summed E-state index contributed by atoms with van der Waals surface area (Å²) in [5, 5.41) is 12.2. The second-order valence-corrected chi connectivity index (χ2v) is 4.82. The molecule has 0 aliphatic heterocycles. The van der Waals surface area contributed by atoms with E-state index in [9.17, 15) is 5.11 Å². The van der Waals surface area contributed by atoms with Crippen molar-refractivity contribution in [3.05, 3.63) is 47.3 Å². The van der Waals surface area contributed by atoms with E-state index < -0.39 is 0 Å². The second-order valence-electron chi connectivity index (χ2n) is 3.87. The van der Waals surface area contributed by atoms with E-state index in [4.69, 9.17) is 0 Å². The molecule has 1 N–H and O–H groups in total. The Morgan fingerprint density at radius 1 is 1.19 bits per heavy atom. The maximum absolute atomic E-state index is 10.1. The monoisotopic (exact) mass is 232 g/mol. The molecule has 16 heavy (non-hydrogen) atoms. The molecule has 2 rings (SSSR count). The summed E-state index contributed by atoms with van der Waals surface area (Å²) in [4.78, 5) is 1.23. The minimum Gasteiger partial charge on any atom is -0.388 e. The van der Waals surface area contributed by atoms with Crippen LogP contribution in [-0.2, 0) is 0 Å². The fourth-order valence-corrected chi connectivity index (χ4v) is 2.65. The van der Waals surface area contributed by atoms with Gasteiger partial charge in [-0.1, -0.05) is 43.7 Å². The largest absolute Gasteiger partial charge is 0.388 e. The number of aliphatic hydroxyl groups excluding tert-OH is 1. The molecule has 0 saturated heterocycles. The molecule has 1 nitrogen and oxygen atoms in total. The smallest absolute Gasteiger partial charge is 0.0796 e. The maximum atomic E-state index is 10.1. The van der Waals surface area contributed by atoms with Crippen molar-refractivity contribution < 1.29 is 5.11 Å². The highest BCUT2D eigenvalue weighted by atomic mass is 32.1. The van der Waals surface area contributed by atoms with Crippen LogP contribution in [0.2, 0.25) is 0 Å². The molecule has 1 aromatic carbocycles. The van der Waals surface area contributed by atoms with Gasteiger partial charge in [0.15, 0.2) is 0 Å². The summed E-state index contributed by atoms with van der Waals surface area (Å²) in [7, 11) is 0. The van der Waals surface area contributed by atoms with Crippen LogP contribution in [0.3, 0.4) is 0 Å². The summed E-state index contributed by atoms with van der Waals surface area (Å²) in [6.07, 6.45) is 1.48. The zero-order valence-corrected chi connectivity index (χ0v) is 10.2. The third-order valence-corrected chi connectivity index (χ3v) is 3.57. The number of benzene rings is 1. The molecule has 0 aliphatic carbocycles. The van der Waals surface area contributed by atoms with Crippen LogP contribution in [-0.4, -0.2) is 5.11 Å². The Balaban J connectivity index is 2.38. The van der Waals surface area contributed by atoms with Gasteiger partial charge >= 0.3 is 0 Å². The van der Waals surface area contributed by atoms with Gasteiger partial charge in [-0.15, -0.1) is 11.3 Å². The van der Waals surface area contributed by atoms with Crippen molar-refractivity contribution in [3.63, 3.8) is 0 Å². The molecule has 1 heterocycles. The summed E-state index contributed by atoms with van der Waals surface area (Å²) in [5.74, 6) is 0. The van der Waals surface area contributed by atoms with Gasteiger partial charge in [0.2, 0.25) is 0 Å². The SMILES string of the molecule is CCCC(O)c1ccccc1-c1cccs1. The molecule has 84 valence electrons. The molecule has 2 heteroatoms. The molecule has 0 bridgehead atoms. The van der Waals surface area contributed by atoms with Crippen molar-refractivity contribution in [1.29, 1.82) is 0 Å². The van der Waals surface area contributed by atoms with E-state index >= 15 is 0 Å². The predicted molar refractivity (Wildman–Crippen MR) is 69.6 cm³/mol. The molecule has 0 spiro atoms. The number of rotatable bonds is 4. The molecule has 0 saturated carbocycles. The zero-order valence-electron chi connectivity index (χ0n) is 9.39. The van der Waals surface area contributed by atoms with Gasteiger partial charge in [0.25, 0.3) is 0 Å². The van der Waals surface area contributed by atoms with Crippen LogP contribution in [0, 0.1) is 0 Å². The first-order valence-corrected chi connectivity index (χ1v) is 6.51. The molecule has 0 fully saturated rings. The molecule has 0 radical (unpaired) electrons. The average Bonchev–Trinajstić information content (AvgIpc) is 2.83. The number of hydrogen-bond acceptors (Lipinski definition) is 2. The fourth-order valence-electron chi connectivity index (χ4n) is 1.87. The van der Waals surface area contributed by atoms with E-state index in [1.54, 1.807) is 11.3 Å². The second kappa shape index (κ2) is 5.28. The van der Waals surface area contributed by atoms with E-state index in [1.807, 2.05) is 24.3 Å². The predicted octanol–water partition coefficient (Wildman–Crippen LogP) is 4.25. The lowest BCUT2D eigenvalue weighted by Gasteiger charge is -2.13. The van der Waals surface area contributed by atoms with Gasteiger partial charge in [-0.3, -0.25) is 0 Å². The van der Waals surface area contributed by atoms with Crippen molar-refractivity contribution in [2.45, 2.75) is 25.9 Å². The average molecular weight is 232 g/mol. The van der Waals surface area contributed by atoms with Crippen molar-refractivity contribution in [2.24, 2.45) is 0 Å². The van der Waals surface area contributed by atoms with Crippen LogP contribution in [0.5, 0.6) is 0 Å². The van der Waals surface area contributed by atoms with Gasteiger partial charge in [-0.05, 0) is 29.0 Å². The van der Waals surface area contributed by atoms with Crippen LogP contribution in [0.4, 0.5) is 0 Å². The van der Waals surface area contributed by atoms with Crippen molar-refractivity contribution in [2.75, 3.05) is 0 Å². The maximum Gasteiger partial charge on any atom is 0.0796 e. The standard InChI is InChI=1S/C14H16OS/c1-2-6-13(15)11-7-3-4-8-12(11)14-9-5-10-16-14/h3-5,7-10,13,15H,2,6H2,1H3. The quantitative estimate of drug-likeness (QED) is 0.835. The highest BCUT2D eigenvalue weighted by molar-refractivity contribution is 7.13. The van der Waals surface area contributed by atoms with Gasteiger partial charge in [-0.2, -0.15) is 0 Å². The Morgan fingerprint density at radius 2 is 2.00 bits per heavy atom. The molecule has 2 aromatic rings. The highest BCUT2D eigenvalue weighted by Gasteiger charge is 2.12. The zero-order chi connectivity index (χ0) is 11.4. The molecule has 1 unspecified atom stereocenters. The van der Waals surface area contributed by atoms with E-state index in [-0.39, 0.29) is 6.10 Å². The van der Waals surface area contributed by atoms with Gasteiger partial charge < -0.3 is 5.11 Å². The Morgan fingerprint density at radius 3 is 2.69 bits per heavy atom. The number of aliphatic hydroxyl groups is 1. The summed E-state index contributed by atoms with van der Waals surface area (Å²) >= 11 is 1.71. The lowest BCUT2D eigenvalue weighted by atomic mass is 9.98. The van der Waals surface area contributed by atoms with Gasteiger partial charge in [0.1, 0.15) is 0 Å². The Bertz CT molecular complexity index is 434. The third-order valence-electron chi connectivity index (χ3n) is 2.67. The van der Waals surface area contributed by atoms with Crippen LogP contribution >= 0.6 is 11.3 Å². The minimum absolute atomic E-state index is 0.344. The van der Waals surface area contributed by atoms with Gasteiger partial charge in [0, 0.05) is 4.88 Å². The van der Waals surface area contributed by atoms with Crippen LogP contribution < -0.4 is 0 Å². The Hall–Kier alpha value is -1.12. The number of thiophene rings is 1. The van der Waals surface area contributed by atoms with Crippen molar-refractivity contribution in [1.82, 2.24) is 0 Å². The van der Waals surface area contributed by atoms with Crippen LogP contribution in [0.25, 0.3) is 10.4 Å². The van der Waals surface area contributed by atoms with Crippen LogP contribution in [0.15, 0.2) is 41.8 Å². The van der Waals surface area contributed by atoms with Crippen molar-refractivity contribution in [3.8, 4) is 10.4 Å². The molecule has 0 aliphatic rings. The van der Waals surface area contributed by atoms with Gasteiger partial charge in [0.05, 0.1) is 6.10 Å². The van der Waals surface area contributed by atoms with Gasteiger partial charge in [-0.25, -0.2) is 0 Å². The lowest BCUT2D eigenvalue weighted by Crippen LogP contribution is -1.98. The molecule has 0 amide bonds. The lowest BCUT2D eigenvalue weighted by molar-refractivity contribution is 0.167. The topological polar surface area (TPSA) is 20.2 Å². The Kier molecular flexibility index (Phi) is 3.75. The summed E-state index contributed by atoms with van der Waals surface area (Å²) in [6.45, 7) is 2.09. The minimum atomic E-state index is -0.344. The summed E-state index contributed by atoms with van der Waals surface area (Å²) in [6, 6.07) is 12.3. The van der Waals surface area contributed by atoms with E-state index in [0.29, 0.717) is 0 Å². The summed E-state index contributed by atoms with van der Waals surface area (Å²) in [5.41, 5.74) is 2.21. The van der Waals surface area contributed by atoms with E-state index in [1.165, 1.54) is 10.4 Å². The number of hydrogen-bond donors (Lipinski definition) is 1. The van der Waals surface area contributed by atoms with E-state index in [0.717, 1.165) is 18.4 Å². The highest BCUT2D eigenvalue weighted by Crippen LogP contribution is 2.32. The molecular formula is C14H16OS. The first-order valence-electron chi connectivity index (χ1n) is 5.63. The first-order chi connectivity index (χ1) is 7.83. The molecule has 1 atom stereocenters. The molecular weight excluding hydrogens is 216 g/mol. The third kappa shape index (κ3) is 2.34. The van der Waals surface area contributed by atoms with E-state index in [2.05, 4.69) is 24.4 Å². The van der Waals surface area contributed by atoms with Crippen molar-refractivity contribution >= 4 is 11.3 Å². The Labute approximate surface area is 100 Å². The normalized spacial score (nSPS) is 12.6. The first kappa shape index (κ1) is 11.4. The summed E-state index contributed by atoms with van der Waals surface area (Å²) < 4.78 is 0. The molecule has 1 aromatic heterocycles.